The molecule has 2 aliphatic rings. The maximum Gasteiger partial charge on any atom is -0.0232 e. The van der Waals surface area contributed by atoms with Crippen molar-refractivity contribution in [1.82, 2.24) is 0 Å². The zero-order valence-electron chi connectivity index (χ0n) is 6.91. The van der Waals surface area contributed by atoms with Crippen molar-refractivity contribution in [3.05, 3.63) is 33.9 Å². The van der Waals surface area contributed by atoms with Gasteiger partial charge in [-0.05, 0) is 60.4 Å². The van der Waals surface area contributed by atoms with E-state index in [4.69, 9.17) is 0 Å². The van der Waals surface area contributed by atoms with E-state index in [1.807, 2.05) is 0 Å². The Morgan fingerprint density at radius 1 is 0.909 bits per heavy atom. The van der Waals surface area contributed by atoms with E-state index in [1.165, 1.54) is 25.7 Å². The highest BCUT2D eigenvalue weighted by Crippen LogP contribution is 2.37. The van der Waals surface area contributed by atoms with E-state index in [-0.39, 0.29) is 0 Å². The fourth-order valence-corrected chi connectivity index (χ4v) is 2.74. The quantitative estimate of drug-likeness (QED) is 0.523. The molecule has 0 heteroatoms. The number of hydrogen-bond acceptors (Lipinski definition) is 0. The summed E-state index contributed by atoms with van der Waals surface area (Å²) in [6.07, 6.45) is 5.34. The van der Waals surface area contributed by atoms with Gasteiger partial charge in [-0.3, -0.25) is 0 Å². The first-order valence-electron chi connectivity index (χ1n) is 4.49. The van der Waals surface area contributed by atoms with Crippen LogP contribution in [0.3, 0.4) is 0 Å². The Labute approximate surface area is 67.2 Å². The Hall–Kier alpha value is -0.780. The number of hydrogen-bond donors (Lipinski definition) is 0. The molecule has 0 N–H and O–H groups in total. The molecular formula is C11H12. The SMILES string of the molecule is Cc1cc2c3c(c1CC3)CC2. The van der Waals surface area contributed by atoms with Gasteiger partial charge in [-0.2, -0.15) is 0 Å². The lowest BCUT2D eigenvalue weighted by molar-refractivity contribution is 0.971. The Bertz CT molecular complexity index is 334. The normalized spacial score (nSPS) is 17.9. The van der Waals surface area contributed by atoms with Crippen LogP contribution in [0.1, 0.15) is 27.8 Å². The summed E-state index contributed by atoms with van der Waals surface area (Å²) < 4.78 is 0. The van der Waals surface area contributed by atoms with Crippen molar-refractivity contribution < 1.29 is 0 Å². The van der Waals surface area contributed by atoms with E-state index in [0.717, 1.165) is 0 Å². The van der Waals surface area contributed by atoms with E-state index in [1.54, 1.807) is 27.8 Å². The van der Waals surface area contributed by atoms with Crippen LogP contribution < -0.4 is 0 Å². The summed E-state index contributed by atoms with van der Waals surface area (Å²) in [5.41, 5.74) is 8.32. The maximum absolute atomic E-state index is 2.41. The van der Waals surface area contributed by atoms with Gasteiger partial charge in [0.2, 0.25) is 0 Å². The minimum Gasteiger partial charge on any atom is -0.0555 e. The lowest BCUT2D eigenvalue weighted by atomic mass is 10.1. The second-order valence-corrected chi connectivity index (χ2v) is 3.79. The molecule has 0 spiro atoms. The first kappa shape index (κ1) is 5.82. The Kier molecular flexibility index (Phi) is 0.892. The molecule has 0 unspecified atom stereocenters. The van der Waals surface area contributed by atoms with Gasteiger partial charge in [0.1, 0.15) is 0 Å². The molecule has 2 aliphatic carbocycles. The summed E-state index contributed by atoms with van der Waals surface area (Å²) in [7, 11) is 0. The third-order valence-corrected chi connectivity index (χ3v) is 3.25. The molecule has 0 radical (unpaired) electrons. The molecule has 1 aromatic rings. The summed E-state index contributed by atoms with van der Waals surface area (Å²) in [6, 6.07) is 2.41. The van der Waals surface area contributed by atoms with Crippen LogP contribution in [0, 0.1) is 6.92 Å². The third kappa shape index (κ3) is 0.563. The average Bonchev–Trinajstić information content (AvgIpc) is 2.44. The zero-order valence-corrected chi connectivity index (χ0v) is 6.91. The predicted molar refractivity (Wildman–Crippen MR) is 46.0 cm³/mol. The molecule has 0 heterocycles. The van der Waals surface area contributed by atoms with Crippen LogP contribution in [0.25, 0.3) is 0 Å². The highest BCUT2D eigenvalue weighted by Gasteiger charge is 2.25. The highest BCUT2D eigenvalue weighted by atomic mass is 14.3. The second kappa shape index (κ2) is 1.69. The van der Waals surface area contributed by atoms with Gasteiger partial charge in [0.05, 0.1) is 0 Å². The second-order valence-electron chi connectivity index (χ2n) is 3.79. The number of aryl methyl sites for hydroxylation is 2. The molecule has 0 nitrogen and oxygen atoms in total. The molecule has 0 aliphatic heterocycles. The predicted octanol–water partition coefficient (Wildman–Crippen LogP) is 2.19. The van der Waals surface area contributed by atoms with Crippen LogP contribution >= 0.6 is 0 Å². The standard InChI is InChI=1S/C11H12/c1-7-6-8-2-3-11-9(7)4-5-10(8)11/h6H,2-5H2,1H3. The summed E-state index contributed by atoms with van der Waals surface area (Å²) in [6.45, 7) is 2.27. The van der Waals surface area contributed by atoms with Crippen LogP contribution in [-0.4, -0.2) is 0 Å². The van der Waals surface area contributed by atoms with E-state index >= 15 is 0 Å². The molecule has 3 rings (SSSR count). The third-order valence-electron chi connectivity index (χ3n) is 3.25. The molecule has 0 saturated carbocycles. The van der Waals surface area contributed by atoms with Crippen molar-refractivity contribution in [1.29, 1.82) is 0 Å². The Balaban J connectivity index is 2.44. The van der Waals surface area contributed by atoms with Gasteiger partial charge in [-0.25, -0.2) is 0 Å². The zero-order chi connectivity index (χ0) is 7.42. The molecule has 4 bridgehead atoms. The minimum atomic E-state index is 1.32. The monoisotopic (exact) mass is 144 g/mol. The van der Waals surface area contributed by atoms with Crippen LogP contribution in [0.5, 0.6) is 0 Å². The van der Waals surface area contributed by atoms with Gasteiger partial charge < -0.3 is 0 Å². The highest BCUT2D eigenvalue weighted by molar-refractivity contribution is 5.54. The van der Waals surface area contributed by atoms with Gasteiger partial charge in [0.25, 0.3) is 0 Å². The van der Waals surface area contributed by atoms with Crippen LogP contribution in [0.4, 0.5) is 0 Å². The average molecular weight is 144 g/mol. The van der Waals surface area contributed by atoms with Gasteiger partial charge in [0, 0.05) is 0 Å². The topological polar surface area (TPSA) is 0 Å². The minimum absolute atomic E-state index is 1.32. The van der Waals surface area contributed by atoms with Gasteiger partial charge in [0.15, 0.2) is 0 Å². The van der Waals surface area contributed by atoms with E-state index in [0.29, 0.717) is 0 Å². The lowest BCUT2D eigenvalue weighted by Crippen LogP contribution is -1.85. The van der Waals surface area contributed by atoms with Crippen molar-refractivity contribution >= 4 is 0 Å². The Morgan fingerprint density at radius 2 is 1.64 bits per heavy atom. The fourth-order valence-electron chi connectivity index (χ4n) is 2.74. The molecule has 56 valence electrons. The Morgan fingerprint density at radius 3 is 2.55 bits per heavy atom. The van der Waals surface area contributed by atoms with Crippen LogP contribution in [0.15, 0.2) is 6.07 Å². The van der Waals surface area contributed by atoms with E-state index in [9.17, 15) is 0 Å². The largest absolute Gasteiger partial charge is 0.0555 e. The summed E-state index contributed by atoms with van der Waals surface area (Å²) >= 11 is 0. The van der Waals surface area contributed by atoms with Crippen LogP contribution in [-0.2, 0) is 25.7 Å². The molecule has 0 saturated heterocycles. The lowest BCUT2D eigenvalue weighted by Gasteiger charge is -2.00. The molecular weight excluding hydrogens is 132 g/mol. The van der Waals surface area contributed by atoms with Crippen molar-refractivity contribution in [2.45, 2.75) is 32.6 Å². The smallest absolute Gasteiger partial charge is 0.0232 e. The van der Waals surface area contributed by atoms with Crippen molar-refractivity contribution in [3.8, 4) is 0 Å². The maximum atomic E-state index is 2.41. The van der Waals surface area contributed by atoms with Crippen LogP contribution in [0.2, 0.25) is 0 Å². The van der Waals surface area contributed by atoms with E-state index in [2.05, 4.69) is 13.0 Å². The molecule has 0 fully saturated rings. The molecule has 0 amide bonds. The van der Waals surface area contributed by atoms with Gasteiger partial charge in [-0.1, -0.05) is 6.07 Å². The summed E-state index contributed by atoms with van der Waals surface area (Å²) in [4.78, 5) is 0. The number of benzene rings is 1. The molecule has 0 aromatic heterocycles. The summed E-state index contributed by atoms with van der Waals surface area (Å²) in [5, 5.41) is 0. The van der Waals surface area contributed by atoms with Gasteiger partial charge in [-0.15, -0.1) is 0 Å². The first-order valence-corrected chi connectivity index (χ1v) is 4.49. The van der Waals surface area contributed by atoms with Crippen molar-refractivity contribution in [2.24, 2.45) is 0 Å². The number of rotatable bonds is 0. The first-order chi connectivity index (χ1) is 5.36. The van der Waals surface area contributed by atoms with E-state index < -0.39 is 0 Å². The van der Waals surface area contributed by atoms with Crippen molar-refractivity contribution in [3.63, 3.8) is 0 Å². The fraction of sp³-hybridized carbons (Fsp3) is 0.455. The van der Waals surface area contributed by atoms with Gasteiger partial charge >= 0.3 is 0 Å². The molecule has 1 aromatic carbocycles. The summed E-state index contributed by atoms with van der Waals surface area (Å²) in [5.74, 6) is 0. The molecule has 0 atom stereocenters. The molecule has 11 heavy (non-hydrogen) atoms. The van der Waals surface area contributed by atoms with Crippen molar-refractivity contribution in [2.75, 3.05) is 0 Å².